The second-order valence-corrected chi connectivity index (χ2v) is 9.04. The van der Waals surface area contributed by atoms with Gasteiger partial charge in [0.2, 0.25) is 6.23 Å². The average molecular weight is 426 g/mol. The minimum atomic E-state index is -0.598. The molecule has 0 bridgehead atoms. The van der Waals surface area contributed by atoms with E-state index in [9.17, 15) is 4.79 Å². The Kier molecular flexibility index (Phi) is 9.04. The fourth-order valence-electron chi connectivity index (χ4n) is 3.36. The molecular weight excluding hydrogens is 388 g/mol. The number of likely N-dealkylation sites (N-methyl/N-ethyl adjacent to an activating group) is 1. The number of hydrogen-bond acceptors (Lipinski definition) is 7. The zero-order valence-electron chi connectivity index (χ0n) is 18.5. The number of rotatable bonds is 11. The van der Waals surface area contributed by atoms with Crippen molar-refractivity contribution in [1.82, 2.24) is 8.75 Å². The summed E-state index contributed by atoms with van der Waals surface area (Å²) in [5.74, 6) is 0.335. The van der Waals surface area contributed by atoms with Gasteiger partial charge in [0.15, 0.2) is 0 Å². The van der Waals surface area contributed by atoms with E-state index in [1.807, 2.05) is 20.8 Å². The monoisotopic (exact) mass is 425 g/mol. The van der Waals surface area contributed by atoms with Gasteiger partial charge in [-0.1, -0.05) is 46.1 Å². The topological polar surface area (TPSA) is 87.3 Å². The predicted octanol–water partition coefficient (Wildman–Crippen LogP) is 3.60. The maximum absolute atomic E-state index is 12.3. The fourth-order valence-corrected chi connectivity index (χ4v) is 3.89. The molecule has 1 aromatic rings. The second kappa shape index (κ2) is 11.0. The molecule has 7 nitrogen and oxygen atoms in total. The first-order chi connectivity index (χ1) is 13.8. The van der Waals surface area contributed by atoms with Crippen molar-refractivity contribution in [3.05, 3.63) is 11.8 Å². The van der Waals surface area contributed by atoms with Crippen LogP contribution >= 0.6 is 11.7 Å². The molecule has 0 amide bonds. The Hall–Kier alpha value is -1.51. The summed E-state index contributed by atoms with van der Waals surface area (Å²) in [4.78, 5) is 12.3. The summed E-state index contributed by atoms with van der Waals surface area (Å²) in [7, 11) is 2.11. The number of carbonyl (C=O) groups excluding carboxylic acids is 1. The molecule has 29 heavy (non-hydrogen) atoms. The average Bonchev–Trinajstić information content (AvgIpc) is 3.15. The third-order valence-electron chi connectivity index (χ3n) is 5.72. The van der Waals surface area contributed by atoms with E-state index in [1.165, 1.54) is 31.0 Å². The molecule has 0 saturated heterocycles. The van der Waals surface area contributed by atoms with E-state index in [0.717, 1.165) is 30.7 Å². The lowest BCUT2D eigenvalue weighted by molar-refractivity contribution is -0.944. The van der Waals surface area contributed by atoms with Crippen molar-refractivity contribution in [2.24, 2.45) is 11.7 Å². The zero-order valence-corrected chi connectivity index (χ0v) is 19.3. The summed E-state index contributed by atoms with van der Waals surface area (Å²) < 4.78 is 21.1. The molecule has 2 unspecified atom stereocenters. The van der Waals surface area contributed by atoms with Gasteiger partial charge in [-0.05, 0) is 12.3 Å². The number of unbranched alkanes of at least 4 members (excludes halogenated alkanes) is 3. The van der Waals surface area contributed by atoms with Gasteiger partial charge >= 0.3 is 5.97 Å². The summed E-state index contributed by atoms with van der Waals surface area (Å²) in [6.07, 6.45) is 7.43. The molecule has 0 fully saturated rings. The lowest BCUT2D eigenvalue weighted by Gasteiger charge is -2.41. The van der Waals surface area contributed by atoms with E-state index in [1.54, 1.807) is 0 Å². The number of ether oxygens (including phenoxy) is 2. The summed E-state index contributed by atoms with van der Waals surface area (Å²) >= 11 is 1.18. The Morgan fingerprint density at radius 3 is 2.72 bits per heavy atom. The Morgan fingerprint density at radius 2 is 2.03 bits per heavy atom. The van der Waals surface area contributed by atoms with E-state index < -0.39 is 6.04 Å². The Balaban J connectivity index is 2.00. The molecule has 1 aliphatic rings. The van der Waals surface area contributed by atoms with Crippen LogP contribution < -0.4 is 10.5 Å². The van der Waals surface area contributed by atoms with Crippen molar-refractivity contribution >= 4 is 23.3 Å². The zero-order chi connectivity index (χ0) is 21.4. The van der Waals surface area contributed by atoms with Gasteiger partial charge in [-0.2, -0.15) is 4.37 Å². The molecule has 0 saturated carbocycles. The normalized spacial score (nSPS) is 21.6. The number of esters is 1. The summed E-state index contributed by atoms with van der Waals surface area (Å²) in [6.45, 7) is 10.3. The standard InChI is InChI=1S/C21H37N4O3S/c1-6-7-8-9-13-27-20-19(23-29-24-20)17-11-10-12-25(5,14-17)16(4)28-21(26)18(22)15(2)3/h11,15-16,18H,6-10,12-14,22H2,1-5H3/q+1/t16?,18-,25?/m0/s1. The van der Waals surface area contributed by atoms with E-state index >= 15 is 0 Å². The van der Waals surface area contributed by atoms with Crippen molar-refractivity contribution in [1.29, 1.82) is 0 Å². The molecule has 0 radical (unpaired) electrons. The van der Waals surface area contributed by atoms with Crippen LogP contribution in [0.1, 0.15) is 65.5 Å². The van der Waals surface area contributed by atoms with Gasteiger partial charge in [-0.3, -0.25) is 9.28 Å². The van der Waals surface area contributed by atoms with Crippen LogP contribution in [-0.2, 0) is 9.53 Å². The van der Waals surface area contributed by atoms with Gasteiger partial charge in [0, 0.05) is 18.9 Å². The Labute approximate surface area is 179 Å². The van der Waals surface area contributed by atoms with Crippen LogP contribution in [0, 0.1) is 5.92 Å². The molecule has 2 N–H and O–H groups in total. The van der Waals surface area contributed by atoms with Gasteiger partial charge in [-0.15, -0.1) is 4.37 Å². The van der Waals surface area contributed by atoms with E-state index in [2.05, 4.69) is 28.8 Å². The van der Waals surface area contributed by atoms with Crippen LogP contribution in [0.15, 0.2) is 6.08 Å². The molecule has 0 aromatic carbocycles. The lowest BCUT2D eigenvalue weighted by Crippen LogP contribution is -2.56. The van der Waals surface area contributed by atoms with Gasteiger partial charge in [-0.25, -0.2) is 0 Å². The van der Waals surface area contributed by atoms with Crippen molar-refractivity contribution in [2.45, 2.75) is 72.1 Å². The highest BCUT2D eigenvalue weighted by atomic mass is 32.1. The van der Waals surface area contributed by atoms with Crippen LogP contribution in [0.2, 0.25) is 0 Å². The molecular formula is C21H37N4O3S+. The second-order valence-electron chi connectivity index (χ2n) is 8.51. The van der Waals surface area contributed by atoms with Gasteiger partial charge in [0.25, 0.3) is 5.88 Å². The molecule has 8 heteroatoms. The molecule has 3 atom stereocenters. The SMILES string of the molecule is CCCCCCOc1nsnc1C1=CCC[N+](C)(C(C)OC(=O)[C@@H](N)C(C)C)C1. The fraction of sp³-hybridized carbons (Fsp3) is 0.762. The molecule has 2 heterocycles. The number of aromatic nitrogens is 2. The first-order valence-electron chi connectivity index (χ1n) is 10.7. The first-order valence-corrected chi connectivity index (χ1v) is 11.5. The van der Waals surface area contributed by atoms with Crippen LogP contribution in [0.25, 0.3) is 5.57 Å². The maximum atomic E-state index is 12.3. The minimum Gasteiger partial charge on any atom is -0.475 e. The number of hydrogen-bond donors (Lipinski definition) is 1. The molecule has 2 rings (SSSR count). The van der Waals surface area contributed by atoms with Crippen LogP contribution in [-0.4, -0.2) is 58.2 Å². The van der Waals surface area contributed by atoms with Gasteiger partial charge in [0.05, 0.1) is 31.9 Å². The Morgan fingerprint density at radius 1 is 1.28 bits per heavy atom. The molecule has 0 aliphatic carbocycles. The summed E-state index contributed by atoms with van der Waals surface area (Å²) in [5.41, 5.74) is 7.89. The quantitative estimate of drug-likeness (QED) is 0.331. The van der Waals surface area contributed by atoms with Crippen molar-refractivity contribution < 1.29 is 18.8 Å². The van der Waals surface area contributed by atoms with Crippen molar-refractivity contribution in [3.63, 3.8) is 0 Å². The maximum Gasteiger partial charge on any atom is 0.327 e. The van der Waals surface area contributed by atoms with Crippen LogP contribution in [0.3, 0.4) is 0 Å². The largest absolute Gasteiger partial charge is 0.475 e. The Bertz CT molecular complexity index is 691. The highest BCUT2D eigenvalue weighted by Crippen LogP contribution is 2.31. The number of carbonyl (C=O) groups is 1. The van der Waals surface area contributed by atoms with E-state index in [0.29, 0.717) is 23.5 Å². The number of nitrogens with two attached hydrogens (primary N) is 1. The van der Waals surface area contributed by atoms with E-state index in [-0.39, 0.29) is 18.1 Å². The van der Waals surface area contributed by atoms with E-state index in [4.69, 9.17) is 15.2 Å². The van der Waals surface area contributed by atoms with Crippen molar-refractivity contribution in [2.75, 3.05) is 26.7 Å². The summed E-state index contributed by atoms with van der Waals surface area (Å²) in [5, 5.41) is 0. The van der Waals surface area contributed by atoms with Crippen LogP contribution in [0.5, 0.6) is 5.88 Å². The molecule has 1 aliphatic heterocycles. The molecule has 1 aromatic heterocycles. The van der Waals surface area contributed by atoms with Crippen molar-refractivity contribution in [3.8, 4) is 5.88 Å². The highest BCUT2D eigenvalue weighted by Gasteiger charge is 2.37. The van der Waals surface area contributed by atoms with Gasteiger partial charge in [0.1, 0.15) is 18.3 Å². The third-order valence-corrected chi connectivity index (χ3v) is 6.23. The van der Waals surface area contributed by atoms with Crippen LogP contribution in [0.4, 0.5) is 0 Å². The predicted molar refractivity (Wildman–Crippen MR) is 116 cm³/mol. The van der Waals surface area contributed by atoms with Gasteiger partial charge < -0.3 is 15.2 Å². The number of quaternary nitrogens is 1. The number of nitrogens with zero attached hydrogens (tertiary/aromatic N) is 3. The first kappa shape index (κ1) is 23.8. The third kappa shape index (κ3) is 6.49. The molecule has 0 spiro atoms. The minimum absolute atomic E-state index is 0.0509. The summed E-state index contributed by atoms with van der Waals surface area (Å²) in [6, 6.07) is -0.598. The lowest BCUT2D eigenvalue weighted by atomic mass is 10.0. The highest BCUT2D eigenvalue weighted by molar-refractivity contribution is 6.99. The smallest absolute Gasteiger partial charge is 0.327 e. The molecule has 164 valence electrons.